The highest BCUT2D eigenvalue weighted by atomic mass is 79.9. The molecule has 3 heteroatoms. The summed E-state index contributed by atoms with van der Waals surface area (Å²) in [6.45, 7) is 8.17. The van der Waals surface area contributed by atoms with E-state index in [1.165, 1.54) is 36.8 Å². The topological polar surface area (TPSA) is 21.3 Å². The van der Waals surface area contributed by atoms with Crippen LogP contribution in [0, 0.1) is 0 Å². The summed E-state index contributed by atoms with van der Waals surface area (Å²) in [6.07, 6.45) is 5.58. The molecule has 0 amide bonds. The van der Waals surface area contributed by atoms with Crippen molar-refractivity contribution in [1.82, 2.24) is 5.32 Å². The quantitative estimate of drug-likeness (QED) is 0.832. The third-order valence-electron chi connectivity index (χ3n) is 3.72. The Morgan fingerprint density at radius 1 is 1.25 bits per heavy atom. The summed E-state index contributed by atoms with van der Waals surface area (Å²) in [5.74, 6) is 0. The van der Waals surface area contributed by atoms with Gasteiger partial charge in [-0.25, -0.2) is 0 Å². The summed E-state index contributed by atoms with van der Waals surface area (Å²) in [5.41, 5.74) is 2.70. The zero-order valence-corrected chi connectivity index (χ0v) is 14.4. The van der Waals surface area contributed by atoms with E-state index in [1.807, 2.05) is 0 Å². The molecule has 0 spiro atoms. The average Bonchev–Trinajstić information content (AvgIpc) is 2.87. The molecule has 1 fully saturated rings. The molecule has 1 aromatic carbocycles. The Morgan fingerprint density at radius 2 is 1.95 bits per heavy atom. The van der Waals surface area contributed by atoms with Crippen molar-refractivity contribution in [2.24, 2.45) is 0 Å². The second-order valence-electron chi connectivity index (χ2n) is 6.75. The van der Waals surface area contributed by atoms with Crippen LogP contribution in [0.25, 0.3) is 0 Å². The lowest BCUT2D eigenvalue weighted by Gasteiger charge is -2.21. The minimum absolute atomic E-state index is 0.150. The molecule has 0 radical (unpaired) electrons. The minimum atomic E-state index is 0.150. The van der Waals surface area contributed by atoms with Gasteiger partial charge >= 0.3 is 0 Å². The summed E-state index contributed by atoms with van der Waals surface area (Å²) in [6, 6.07) is 6.57. The van der Waals surface area contributed by atoms with Crippen molar-refractivity contribution in [2.45, 2.75) is 71.2 Å². The lowest BCUT2D eigenvalue weighted by molar-refractivity contribution is 0.0454. The number of hydrogen-bond acceptors (Lipinski definition) is 2. The van der Waals surface area contributed by atoms with E-state index in [-0.39, 0.29) is 5.54 Å². The summed E-state index contributed by atoms with van der Waals surface area (Å²) in [5, 5.41) is 3.51. The Bertz CT molecular complexity index is 433. The van der Waals surface area contributed by atoms with Gasteiger partial charge in [-0.05, 0) is 50.8 Å². The third-order valence-corrected chi connectivity index (χ3v) is 4.46. The maximum atomic E-state index is 5.98. The number of ether oxygens (including phenoxy) is 1. The van der Waals surface area contributed by atoms with Gasteiger partial charge in [0.05, 0.1) is 12.7 Å². The molecule has 2 rings (SSSR count). The molecule has 1 N–H and O–H groups in total. The van der Waals surface area contributed by atoms with E-state index in [0.29, 0.717) is 6.10 Å². The molecule has 0 atom stereocenters. The van der Waals surface area contributed by atoms with Gasteiger partial charge in [0, 0.05) is 16.6 Å². The minimum Gasteiger partial charge on any atom is -0.374 e. The van der Waals surface area contributed by atoms with Crippen LogP contribution < -0.4 is 5.32 Å². The standard InChI is InChI=1S/C17H26BrNO/c1-17(2,3)19-11-13-8-9-14(16(18)10-13)12-20-15-6-4-5-7-15/h8-10,15,19H,4-7,11-12H2,1-3H3. The molecule has 0 bridgehead atoms. The monoisotopic (exact) mass is 339 g/mol. The molecule has 1 aliphatic carbocycles. The average molecular weight is 340 g/mol. The normalized spacial score (nSPS) is 16.8. The number of benzene rings is 1. The fraction of sp³-hybridized carbons (Fsp3) is 0.647. The first-order chi connectivity index (χ1) is 9.44. The Balaban J connectivity index is 1.88. The van der Waals surface area contributed by atoms with E-state index in [1.54, 1.807) is 0 Å². The van der Waals surface area contributed by atoms with Crippen LogP contribution in [0.4, 0.5) is 0 Å². The number of hydrogen-bond donors (Lipinski definition) is 1. The second kappa shape index (κ2) is 7.06. The highest BCUT2D eigenvalue weighted by Crippen LogP contribution is 2.25. The SMILES string of the molecule is CC(C)(C)NCc1ccc(COC2CCCC2)c(Br)c1. The van der Waals surface area contributed by atoms with Gasteiger partial charge in [-0.15, -0.1) is 0 Å². The third kappa shape index (κ3) is 5.19. The molecule has 20 heavy (non-hydrogen) atoms. The van der Waals surface area contributed by atoms with Crippen LogP contribution >= 0.6 is 15.9 Å². The second-order valence-corrected chi connectivity index (χ2v) is 7.60. The molecule has 0 unspecified atom stereocenters. The molecule has 0 aliphatic heterocycles. The van der Waals surface area contributed by atoms with E-state index in [0.717, 1.165) is 17.6 Å². The van der Waals surface area contributed by atoms with Gasteiger partial charge in [0.2, 0.25) is 0 Å². The van der Waals surface area contributed by atoms with Crippen LogP contribution in [-0.2, 0) is 17.9 Å². The Morgan fingerprint density at radius 3 is 2.55 bits per heavy atom. The van der Waals surface area contributed by atoms with Crippen molar-refractivity contribution < 1.29 is 4.74 Å². The number of rotatable bonds is 5. The molecule has 0 heterocycles. The van der Waals surface area contributed by atoms with Gasteiger partial charge in [0.1, 0.15) is 0 Å². The van der Waals surface area contributed by atoms with Crippen LogP contribution in [0.15, 0.2) is 22.7 Å². The van der Waals surface area contributed by atoms with Gasteiger partial charge in [0.25, 0.3) is 0 Å². The van der Waals surface area contributed by atoms with Crippen molar-refractivity contribution >= 4 is 15.9 Å². The van der Waals surface area contributed by atoms with E-state index in [4.69, 9.17) is 4.74 Å². The highest BCUT2D eigenvalue weighted by molar-refractivity contribution is 9.10. The van der Waals surface area contributed by atoms with Gasteiger partial charge in [0.15, 0.2) is 0 Å². The lowest BCUT2D eigenvalue weighted by Crippen LogP contribution is -2.35. The maximum Gasteiger partial charge on any atom is 0.0731 e. The number of nitrogens with one attached hydrogen (secondary N) is 1. The lowest BCUT2D eigenvalue weighted by atomic mass is 10.1. The van der Waals surface area contributed by atoms with Crippen LogP contribution in [0.2, 0.25) is 0 Å². The molecule has 0 aromatic heterocycles. The van der Waals surface area contributed by atoms with E-state index in [2.05, 4.69) is 60.2 Å². The fourth-order valence-corrected chi connectivity index (χ4v) is 2.99. The summed E-state index contributed by atoms with van der Waals surface area (Å²) >= 11 is 3.67. The van der Waals surface area contributed by atoms with E-state index in [9.17, 15) is 0 Å². The van der Waals surface area contributed by atoms with Crippen molar-refractivity contribution in [3.63, 3.8) is 0 Å². The molecule has 112 valence electrons. The van der Waals surface area contributed by atoms with Crippen LogP contribution in [0.1, 0.15) is 57.6 Å². The van der Waals surface area contributed by atoms with E-state index < -0.39 is 0 Å². The van der Waals surface area contributed by atoms with Gasteiger partial charge in [-0.2, -0.15) is 0 Å². The molecule has 2 nitrogen and oxygen atoms in total. The van der Waals surface area contributed by atoms with Gasteiger partial charge < -0.3 is 10.1 Å². The van der Waals surface area contributed by atoms with Crippen molar-refractivity contribution in [2.75, 3.05) is 0 Å². The smallest absolute Gasteiger partial charge is 0.0731 e. The van der Waals surface area contributed by atoms with Crippen molar-refractivity contribution in [1.29, 1.82) is 0 Å². The zero-order chi connectivity index (χ0) is 14.6. The molecule has 1 saturated carbocycles. The molecular formula is C17H26BrNO. The first-order valence-electron chi connectivity index (χ1n) is 7.58. The Hall–Kier alpha value is -0.380. The van der Waals surface area contributed by atoms with Crippen LogP contribution in [0.5, 0.6) is 0 Å². The summed E-state index contributed by atoms with van der Waals surface area (Å²) in [4.78, 5) is 0. The fourth-order valence-electron chi connectivity index (χ4n) is 2.45. The highest BCUT2D eigenvalue weighted by Gasteiger charge is 2.16. The largest absolute Gasteiger partial charge is 0.374 e. The van der Waals surface area contributed by atoms with Gasteiger partial charge in [-0.3, -0.25) is 0 Å². The molecular weight excluding hydrogens is 314 g/mol. The van der Waals surface area contributed by atoms with Gasteiger partial charge in [-0.1, -0.05) is 40.9 Å². The first-order valence-corrected chi connectivity index (χ1v) is 8.37. The van der Waals surface area contributed by atoms with Crippen molar-refractivity contribution in [3.8, 4) is 0 Å². The summed E-state index contributed by atoms with van der Waals surface area (Å²) < 4.78 is 7.13. The zero-order valence-electron chi connectivity index (χ0n) is 12.8. The molecule has 0 saturated heterocycles. The van der Waals surface area contributed by atoms with E-state index >= 15 is 0 Å². The van der Waals surface area contributed by atoms with Crippen molar-refractivity contribution in [3.05, 3.63) is 33.8 Å². The van der Waals surface area contributed by atoms with Crippen LogP contribution in [0.3, 0.4) is 0 Å². The molecule has 1 aromatic rings. The molecule has 1 aliphatic rings. The summed E-state index contributed by atoms with van der Waals surface area (Å²) in [7, 11) is 0. The predicted molar refractivity (Wildman–Crippen MR) is 87.8 cm³/mol. The number of halogens is 1. The first kappa shape index (κ1) is 16.0. The Kier molecular flexibility index (Phi) is 5.65. The maximum absolute atomic E-state index is 5.98. The Labute approximate surface area is 131 Å². The van der Waals surface area contributed by atoms with Crippen LogP contribution in [-0.4, -0.2) is 11.6 Å². The predicted octanol–water partition coefficient (Wildman–Crippen LogP) is 4.80.